The largest absolute Gasteiger partial charge is 0.0817 e. The zero-order valence-corrected chi connectivity index (χ0v) is 25.7. The molecule has 0 saturated heterocycles. The first-order valence-corrected chi connectivity index (χ1v) is 16.2. The van der Waals surface area contributed by atoms with Gasteiger partial charge in [-0.3, -0.25) is 0 Å². The molecule has 9 rings (SSSR count). The van der Waals surface area contributed by atoms with Gasteiger partial charge < -0.3 is 0 Å². The summed E-state index contributed by atoms with van der Waals surface area (Å²) in [5, 5.41) is 13.2. The average molecular weight is 575 g/mol. The lowest BCUT2D eigenvalue weighted by Crippen LogP contribution is -2.03. The summed E-state index contributed by atoms with van der Waals surface area (Å²) in [4.78, 5) is 0. The van der Waals surface area contributed by atoms with E-state index in [9.17, 15) is 0 Å². The molecule has 8 aromatic rings. The molecule has 0 nitrogen and oxygen atoms in total. The van der Waals surface area contributed by atoms with E-state index in [1.165, 1.54) is 87.2 Å². The van der Waals surface area contributed by atoms with Gasteiger partial charge in [-0.2, -0.15) is 0 Å². The Morgan fingerprint density at radius 2 is 1.02 bits per heavy atom. The first-order chi connectivity index (χ1) is 22.2. The Morgan fingerprint density at radius 1 is 0.467 bits per heavy atom. The summed E-state index contributed by atoms with van der Waals surface area (Å²) < 4.78 is 0. The first kappa shape index (κ1) is 26.2. The molecule has 0 amide bonds. The number of allylic oxidation sites excluding steroid dienone is 4. The standard InChI is InChI=1S/C45H34/c1-28-11-3-4-12-33(27-28)34-19-10-20-35(29(34)2)44-36-15-5-7-17-38(36)45(39-18-8-6-16-37(39)44)41-26-24-32-22-21-30-13-9-14-31-23-25-40(41)43(32)42(30)31/h3-26,28,33H,27H2,1-2H3. The van der Waals surface area contributed by atoms with Gasteiger partial charge in [0.15, 0.2) is 0 Å². The molecule has 2 unspecified atom stereocenters. The van der Waals surface area contributed by atoms with E-state index in [1.54, 1.807) is 0 Å². The molecule has 0 aliphatic heterocycles. The van der Waals surface area contributed by atoms with Crippen molar-refractivity contribution in [3.63, 3.8) is 0 Å². The van der Waals surface area contributed by atoms with Gasteiger partial charge in [-0.05, 0) is 107 Å². The van der Waals surface area contributed by atoms with Gasteiger partial charge in [0.2, 0.25) is 0 Å². The third-order valence-corrected chi connectivity index (χ3v) is 10.3. The van der Waals surface area contributed by atoms with E-state index >= 15 is 0 Å². The quantitative estimate of drug-likeness (QED) is 0.145. The molecule has 0 N–H and O–H groups in total. The van der Waals surface area contributed by atoms with Crippen LogP contribution in [0.1, 0.15) is 30.4 Å². The van der Waals surface area contributed by atoms with Gasteiger partial charge in [-0.15, -0.1) is 0 Å². The SMILES string of the molecule is Cc1c(-c2c3ccccc3c(-c3ccc4ccc5cccc6ccc3c4c56)c3ccccc23)cccc1C1C=CC=CC(C)C1. The van der Waals surface area contributed by atoms with Crippen LogP contribution in [0.15, 0.2) is 146 Å². The van der Waals surface area contributed by atoms with Crippen LogP contribution in [-0.4, -0.2) is 0 Å². The molecule has 0 aromatic heterocycles. The van der Waals surface area contributed by atoms with E-state index in [1.807, 2.05) is 0 Å². The van der Waals surface area contributed by atoms with Gasteiger partial charge in [0.1, 0.15) is 0 Å². The number of rotatable bonds is 3. The predicted molar refractivity (Wildman–Crippen MR) is 196 cm³/mol. The second kappa shape index (κ2) is 10.2. The van der Waals surface area contributed by atoms with Crippen molar-refractivity contribution in [1.82, 2.24) is 0 Å². The summed E-state index contributed by atoms with van der Waals surface area (Å²) in [5.74, 6) is 0.961. The Balaban J connectivity index is 1.36. The van der Waals surface area contributed by atoms with Crippen LogP contribution >= 0.6 is 0 Å². The minimum Gasteiger partial charge on any atom is -0.0817 e. The molecule has 0 heteroatoms. The highest BCUT2D eigenvalue weighted by atomic mass is 14.3. The van der Waals surface area contributed by atoms with Crippen LogP contribution in [-0.2, 0) is 0 Å². The van der Waals surface area contributed by atoms with E-state index in [-0.39, 0.29) is 0 Å². The maximum Gasteiger partial charge on any atom is 0.00294 e. The molecule has 0 heterocycles. The average Bonchev–Trinajstić information content (AvgIpc) is 3.30. The van der Waals surface area contributed by atoms with Gasteiger partial charge >= 0.3 is 0 Å². The van der Waals surface area contributed by atoms with Crippen molar-refractivity contribution in [1.29, 1.82) is 0 Å². The molecule has 1 aliphatic carbocycles. The predicted octanol–water partition coefficient (Wildman–Crippen LogP) is 12.8. The maximum atomic E-state index is 2.39. The van der Waals surface area contributed by atoms with Gasteiger partial charge in [-0.25, -0.2) is 0 Å². The van der Waals surface area contributed by atoms with E-state index in [2.05, 4.69) is 159 Å². The monoisotopic (exact) mass is 574 g/mol. The topological polar surface area (TPSA) is 0 Å². The fraction of sp³-hybridized carbons (Fsp3) is 0.111. The molecule has 0 radical (unpaired) electrons. The third-order valence-electron chi connectivity index (χ3n) is 10.3. The zero-order valence-electron chi connectivity index (χ0n) is 25.7. The normalized spacial score (nSPS) is 16.8. The summed E-state index contributed by atoms with van der Waals surface area (Å²) in [6, 6.07) is 45.6. The highest BCUT2D eigenvalue weighted by Gasteiger charge is 2.22. The lowest BCUT2D eigenvalue weighted by atomic mass is 9.80. The van der Waals surface area contributed by atoms with Gasteiger partial charge in [0, 0.05) is 5.92 Å². The summed E-state index contributed by atoms with van der Waals surface area (Å²) in [6.45, 7) is 4.66. The number of hydrogen-bond acceptors (Lipinski definition) is 0. The third kappa shape index (κ3) is 3.99. The Labute approximate surface area is 264 Å². The van der Waals surface area contributed by atoms with Crippen LogP contribution in [0.25, 0.3) is 76.1 Å². The Bertz CT molecular complexity index is 2420. The molecule has 1 aliphatic rings. The molecule has 8 aromatic carbocycles. The Morgan fingerprint density at radius 3 is 1.71 bits per heavy atom. The lowest BCUT2D eigenvalue weighted by Gasteiger charge is -2.23. The fourth-order valence-electron chi connectivity index (χ4n) is 8.23. The number of hydrogen-bond donors (Lipinski definition) is 0. The van der Waals surface area contributed by atoms with Crippen LogP contribution in [0.5, 0.6) is 0 Å². The minimum absolute atomic E-state index is 0.406. The maximum absolute atomic E-state index is 2.39. The van der Waals surface area contributed by atoms with Crippen LogP contribution in [0.2, 0.25) is 0 Å². The van der Waals surface area contributed by atoms with Crippen molar-refractivity contribution < 1.29 is 0 Å². The summed E-state index contributed by atoms with van der Waals surface area (Å²) in [5.41, 5.74) is 8.11. The summed E-state index contributed by atoms with van der Waals surface area (Å²) in [6.07, 6.45) is 10.3. The smallest absolute Gasteiger partial charge is 0.00294 e. The zero-order chi connectivity index (χ0) is 30.1. The molecular formula is C45H34. The minimum atomic E-state index is 0.406. The van der Waals surface area contributed by atoms with Crippen LogP contribution in [0.3, 0.4) is 0 Å². The van der Waals surface area contributed by atoms with Crippen LogP contribution in [0.4, 0.5) is 0 Å². The molecular weight excluding hydrogens is 540 g/mol. The van der Waals surface area contributed by atoms with E-state index in [0.29, 0.717) is 11.8 Å². The van der Waals surface area contributed by atoms with Gasteiger partial charge in [-0.1, -0.05) is 153 Å². The van der Waals surface area contributed by atoms with Crippen LogP contribution in [0, 0.1) is 12.8 Å². The van der Waals surface area contributed by atoms with Crippen molar-refractivity contribution in [3.8, 4) is 22.3 Å². The van der Waals surface area contributed by atoms with Crippen molar-refractivity contribution in [3.05, 3.63) is 157 Å². The van der Waals surface area contributed by atoms with Gasteiger partial charge in [0.05, 0.1) is 0 Å². The second-order valence-electron chi connectivity index (χ2n) is 12.9. The van der Waals surface area contributed by atoms with Crippen LogP contribution < -0.4 is 0 Å². The number of fused-ring (bicyclic) bond motifs is 2. The molecule has 0 spiro atoms. The summed E-state index contributed by atoms with van der Waals surface area (Å²) in [7, 11) is 0. The van der Waals surface area contributed by atoms with Gasteiger partial charge in [0.25, 0.3) is 0 Å². The van der Waals surface area contributed by atoms with E-state index < -0.39 is 0 Å². The van der Waals surface area contributed by atoms with Crippen molar-refractivity contribution in [2.75, 3.05) is 0 Å². The van der Waals surface area contributed by atoms with Crippen molar-refractivity contribution >= 4 is 53.9 Å². The number of benzene rings is 8. The molecule has 2 atom stereocenters. The molecule has 0 saturated carbocycles. The van der Waals surface area contributed by atoms with Crippen molar-refractivity contribution in [2.45, 2.75) is 26.2 Å². The summed E-state index contributed by atoms with van der Waals surface area (Å²) >= 11 is 0. The molecule has 0 fully saturated rings. The molecule has 0 bridgehead atoms. The Kier molecular flexibility index (Phi) is 5.93. The molecule has 214 valence electrons. The van der Waals surface area contributed by atoms with Crippen molar-refractivity contribution in [2.24, 2.45) is 5.92 Å². The Hall–Kier alpha value is -5.20. The lowest BCUT2D eigenvalue weighted by molar-refractivity contribution is 0.604. The van der Waals surface area contributed by atoms with E-state index in [4.69, 9.17) is 0 Å². The fourth-order valence-corrected chi connectivity index (χ4v) is 8.23. The highest BCUT2D eigenvalue weighted by molar-refractivity contribution is 6.29. The van der Waals surface area contributed by atoms with E-state index in [0.717, 1.165) is 6.42 Å². The first-order valence-electron chi connectivity index (χ1n) is 16.2. The molecule has 45 heavy (non-hydrogen) atoms. The second-order valence-corrected chi connectivity index (χ2v) is 12.9. The highest BCUT2D eigenvalue weighted by Crippen LogP contribution is 2.48.